The van der Waals surface area contributed by atoms with E-state index in [-0.39, 0.29) is 51.8 Å². The highest BCUT2D eigenvalue weighted by atomic mass is 16.5. The van der Waals surface area contributed by atoms with Gasteiger partial charge in [0.15, 0.2) is 0 Å². The van der Waals surface area contributed by atoms with E-state index >= 15 is 0 Å². The first kappa shape index (κ1) is 30.9. The maximum Gasteiger partial charge on any atom is 0.0918 e. The number of aromatic nitrogens is 2. The van der Waals surface area contributed by atoms with Gasteiger partial charge in [0.2, 0.25) is 0 Å². The van der Waals surface area contributed by atoms with Crippen molar-refractivity contribution in [2.24, 2.45) is 39.9 Å². The number of aliphatic hydroxyl groups is 3. The zero-order valence-corrected chi connectivity index (χ0v) is 28.4. The van der Waals surface area contributed by atoms with Gasteiger partial charge in [-0.1, -0.05) is 52.8 Å². The third-order valence-corrected chi connectivity index (χ3v) is 14.5. The van der Waals surface area contributed by atoms with E-state index in [9.17, 15) is 15.3 Å². The van der Waals surface area contributed by atoms with Crippen molar-refractivity contribution in [1.82, 2.24) is 9.78 Å². The van der Waals surface area contributed by atoms with Crippen molar-refractivity contribution in [3.8, 4) is 5.69 Å². The van der Waals surface area contributed by atoms with Crippen LogP contribution in [-0.4, -0.2) is 48.5 Å². The molecule has 3 saturated carbocycles. The lowest BCUT2D eigenvalue weighted by Crippen LogP contribution is -2.69. The third-order valence-electron chi connectivity index (χ3n) is 14.5. The van der Waals surface area contributed by atoms with E-state index in [1.807, 2.05) is 22.9 Å². The maximum atomic E-state index is 12.4. The Morgan fingerprint density at radius 1 is 0.909 bits per heavy atom. The summed E-state index contributed by atoms with van der Waals surface area (Å²) in [6.07, 6.45) is 6.79. The second-order valence-electron chi connectivity index (χ2n) is 17.7. The van der Waals surface area contributed by atoms with Crippen LogP contribution in [0.25, 0.3) is 5.69 Å². The van der Waals surface area contributed by atoms with Crippen LogP contribution in [0, 0.1) is 39.9 Å². The summed E-state index contributed by atoms with van der Waals surface area (Å²) < 4.78 is 8.95. The Bertz CT molecular complexity index is 1430. The molecule has 0 amide bonds. The smallest absolute Gasteiger partial charge is 0.0918 e. The predicted molar refractivity (Wildman–Crippen MR) is 172 cm³/mol. The molecule has 1 aliphatic heterocycles. The van der Waals surface area contributed by atoms with E-state index in [0.29, 0.717) is 5.92 Å². The van der Waals surface area contributed by atoms with Crippen LogP contribution in [0.2, 0.25) is 0 Å². The molecule has 0 unspecified atom stereocenters. The molecule has 4 aliphatic carbocycles. The molecule has 1 aromatic heterocycles. The van der Waals surface area contributed by atoms with E-state index < -0.39 is 17.6 Å². The molecular formula is C38H56N2O4. The average Bonchev–Trinajstić information content (AvgIpc) is 3.50. The molecule has 1 aromatic carbocycles. The van der Waals surface area contributed by atoms with Gasteiger partial charge in [0.25, 0.3) is 0 Å². The Hall–Kier alpha value is -1.73. The summed E-state index contributed by atoms with van der Waals surface area (Å²) in [5.74, 6) is 0.683. The van der Waals surface area contributed by atoms with E-state index in [4.69, 9.17) is 9.84 Å². The Morgan fingerprint density at radius 3 is 2.27 bits per heavy atom. The molecule has 0 spiro atoms. The molecule has 5 aliphatic rings. The highest BCUT2D eigenvalue weighted by Gasteiger charge is 2.73. The van der Waals surface area contributed by atoms with Gasteiger partial charge in [-0.25, -0.2) is 4.68 Å². The van der Waals surface area contributed by atoms with Crippen LogP contribution in [-0.2, 0) is 23.2 Å². The fourth-order valence-corrected chi connectivity index (χ4v) is 13.1. The molecule has 0 bridgehead atoms. The topological polar surface area (TPSA) is 87.7 Å². The number of nitrogens with zero attached hydrogens (tertiary/aromatic N) is 2. The van der Waals surface area contributed by atoms with Gasteiger partial charge in [-0.3, -0.25) is 0 Å². The molecule has 7 rings (SSSR count). The van der Waals surface area contributed by atoms with Gasteiger partial charge in [0, 0.05) is 16.9 Å². The first-order valence-electron chi connectivity index (χ1n) is 17.4. The third kappa shape index (κ3) is 3.96. The summed E-state index contributed by atoms with van der Waals surface area (Å²) in [6.45, 7) is 18.5. The highest BCUT2D eigenvalue weighted by molar-refractivity contribution is 5.45. The van der Waals surface area contributed by atoms with Crippen LogP contribution in [0.5, 0.6) is 0 Å². The second-order valence-corrected chi connectivity index (χ2v) is 17.7. The van der Waals surface area contributed by atoms with Crippen LogP contribution in [0.1, 0.15) is 117 Å². The molecule has 6 heteroatoms. The summed E-state index contributed by atoms with van der Waals surface area (Å²) >= 11 is 0. The molecule has 44 heavy (non-hydrogen) atoms. The lowest BCUT2D eigenvalue weighted by Gasteiger charge is -2.71. The molecule has 4 fully saturated rings. The van der Waals surface area contributed by atoms with Crippen molar-refractivity contribution in [2.45, 2.75) is 142 Å². The Labute approximate surface area is 264 Å². The Balaban J connectivity index is 1.32. The molecule has 10 atom stereocenters. The fraction of sp³-hybridized carbons (Fsp3) is 0.763. The molecule has 3 N–H and O–H groups in total. The average molecular weight is 605 g/mol. The minimum Gasteiger partial charge on any atom is -0.393 e. The molecule has 0 radical (unpaired) electrons. The van der Waals surface area contributed by atoms with E-state index in [0.717, 1.165) is 67.6 Å². The first-order chi connectivity index (χ1) is 20.5. The van der Waals surface area contributed by atoms with Crippen LogP contribution in [0.3, 0.4) is 0 Å². The highest BCUT2D eigenvalue weighted by Crippen LogP contribution is 2.75. The van der Waals surface area contributed by atoms with Gasteiger partial charge in [0.1, 0.15) is 0 Å². The number of rotatable bonds is 3. The number of aliphatic hydroxyl groups excluding tert-OH is 3. The molecule has 242 valence electrons. The summed E-state index contributed by atoms with van der Waals surface area (Å²) in [6, 6.07) is 10.2. The number of hydrogen-bond acceptors (Lipinski definition) is 5. The number of benzene rings is 1. The summed E-state index contributed by atoms with van der Waals surface area (Å²) in [7, 11) is 0. The fourth-order valence-electron chi connectivity index (χ4n) is 13.1. The van der Waals surface area contributed by atoms with Gasteiger partial charge in [-0.2, -0.15) is 5.10 Å². The van der Waals surface area contributed by atoms with Crippen LogP contribution in [0.15, 0.2) is 30.3 Å². The largest absolute Gasteiger partial charge is 0.393 e. The van der Waals surface area contributed by atoms with E-state index in [1.54, 1.807) is 0 Å². The Morgan fingerprint density at radius 2 is 1.61 bits per heavy atom. The monoisotopic (exact) mass is 604 g/mol. The molecule has 2 heterocycles. The minimum atomic E-state index is -0.478. The van der Waals surface area contributed by atoms with Crippen LogP contribution in [0.4, 0.5) is 0 Å². The van der Waals surface area contributed by atoms with E-state index in [1.165, 1.54) is 6.42 Å². The number of fused-ring (bicyclic) bond motifs is 6. The van der Waals surface area contributed by atoms with Crippen molar-refractivity contribution in [1.29, 1.82) is 0 Å². The van der Waals surface area contributed by atoms with Crippen molar-refractivity contribution in [2.75, 3.05) is 0 Å². The van der Waals surface area contributed by atoms with Gasteiger partial charge in [-0.15, -0.1) is 0 Å². The molecule has 2 aromatic rings. The van der Waals surface area contributed by atoms with Crippen molar-refractivity contribution >= 4 is 0 Å². The predicted octanol–water partition coefficient (Wildman–Crippen LogP) is 6.74. The minimum absolute atomic E-state index is 0.00387. The van der Waals surface area contributed by atoms with Gasteiger partial charge < -0.3 is 20.1 Å². The van der Waals surface area contributed by atoms with Gasteiger partial charge in [0.05, 0.1) is 47.1 Å². The maximum absolute atomic E-state index is 12.4. The number of para-hydroxylation sites is 1. The quantitative estimate of drug-likeness (QED) is 0.361. The number of ether oxygens (including phenoxy) is 1. The van der Waals surface area contributed by atoms with E-state index in [2.05, 4.69) is 67.5 Å². The summed E-state index contributed by atoms with van der Waals surface area (Å²) in [5, 5.41) is 40.3. The zero-order valence-electron chi connectivity index (χ0n) is 28.4. The normalized spacial score (nSPS) is 45.6. The molecular weight excluding hydrogens is 548 g/mol. The second kappa shape index (κ2) is 9.65. The molecule has 1 saturated heterocycles. The summed E-state index contributed by atoms with van der Waals surface area (Å²) in [5.41, 5.74) is 2.68. The zero-order chi connectivity index (χ0) is 31.7. The number of hydrogen-bond donors (Lipinski definition) is 3. The lowest BCUT2D eigenvalue weighted by atomic mass is 9.34. The SMILES string of the molecule is CC1(C)CCC[C@](C)([C@H]2CC[C@]3(C)[C@@H]2[C@H](O)C[C@@H]2[C@@]4(C)Cc5c(CO)nn(-c6ccccc6)c5C(C)(C)[C@@H]4[C@H](O)C[C@]23C)O1. The van der Waals surface area contributed by atoms with Crippen LogP contribution < -0.4 is 0 Å². The molecule has 6 nitrogen and oxygen atoms in total. The van der Waals surface area contributed by atoms with Crippen molar-refractivity contribution < 1.29 is 20.1 Å². The van der Waals surface area contributed by atoms with Crippen LogP contribution >= 0.6 is 0 Å². The summed E-state index contributed by atoms with van der Waals surface area (Å²) in [4.78, 5) is 0. The van der Waals surface area contributed by atoms with Gasteiger partial charge >= 0.3 is 0 Å². The standard InChI is InChI=1S/C38H56N2O4/c1-33(2)16-12-17-38(8,44-33)25-15-18-36(6)30(25)27(42)19-29-35(5)20-24-26(22-41)39-40(23-13-10-9-11-14-23)32(24)34(3,4)31(35)28(43)21-37(29,36)7/h9-11,13-14,25,27-31,41-43H,12,15-22H2,1-8H3/t25-,27+,28+,29+,30-,31-,35+,36+,37+,38+/m0/s1. The van der Waals surface area contributed by atoms with Gasteiger partial charge in [-0.05, 0) is 118 Å². The lowest BCUT2D eigenvalue weighted by molar-refractivity contribution is -0.259. The van der Waals surface area contributed by atoms with Crippen molar-refractivity contribution in [3.63, 3.8) is 0 Å². The van der Waals surface area contributed by atoms with Crippen molar-refractivity contribution in [3.05, 3.63) is 47.3 Å². The Kier molecular flexibility index (Phi) is 6.78. The first-order valence-corrected chi connectivity index (χ1v) is 17.4.